The van der Waals surface area contributed by atoms with E-state index in [9.17, 15) is 29.4 Å². The SMILES string of the molecule is CSCCC(N)C(=O)NC(CO)C(=O)NC(CCSC)C(=O)NC(C(=O)O)C(C)O. The summed E-state index contributed by atoms with van der Waals surface area (Å²) in [6, 6.07) is -4.85. The second-order valence-electron chi connectivity index (χ2n) is 6.54. The van der Waals surface area contributed by atoms with Crippen molar-refractivity contribution in [1.82, 2.24) is 16.0 Å². The van der Waals surface area contributed by atoms with Crippen molar-refractivity contribution in [3.8, 4) is 0 Å². The van der Waals surface area contributed by atoms with Gasteiger partial charge in [-0.1, -0.05) is 0 Å². The predicted octanol–water partition coefficient (Wildman–Crippen LogP) is -2.27. The Morgan fingerprint density at radius 2 is 1.40 bits per heavy atom. The highest BCUT2D eigenvalue weighted by molar-refractivity contribution is 7.98. The molecule has 0 fully saturated rings. The molecule has 0 aromatic carbocycles. The summed E-state index contributed by atoms with van der Waals surface area (Å²) >= 11 is 2.92. The van der Waals surface area contributed by atoms with Crippen molar-refractivity contribution in [1.29, 1.82) is 0 Å². The molecule has 0 aromatic heterocycles. The van der Waals surface area contributed by atoms with Gasteiger partial charge >= 0.3 is 5.97 Å². The van der Waals surface area contributed by atoms with Gasteiger partial charge in [-0.2, -0.15) is 23.5 Å². The summed E-state index contributed by atoms with van der Waals surface area (Å²) in [6.07, 6.45) is 2.86. The average Bonchev–Trinajstić information content (AvgIpc) is 2.69. The Kier molecular flexibility index (Phi) is 14.5. The molecule has 0 heterocycles. The smallest absolute Gasteiger partial charge is 0.328 e. The lowest BCUT2D eigenvalue weighted by Crippen LogP contribution is -2.59. The molecule has 11 nitrogen and oxygen atoms in total. The van der Waals surface area contributed by atoms with Crippen LogP contribution in [0.15, 0.2) is 0 Å². The van der Waals surface area contributed by atoms with E-state index < -0.39 is 60.6 Å². The van der Waals surface area contributed by atoms with Gasteiger partial charge in [-0.3, -0.25) is 14.4 Å². The third-order valence-electron chi connectivity index (χ3n) is 4.08. The number of rotatable bonds is 15. The van der Waals surface area contributed by atoms with Crippen LogP contribution in [0.3, 0.4) is 0 Å². The monoisotopic (exact) mass is 468 g/mol. The van der Waals surface area contributed by atoms with Gasteiger partial charge in [-0.05, 0) is 43.8 Å². The van der Waals surface area contributed by atoms with Crippen LogP contribution in [-0.2, 0) is 19.2 Å². The van der Waals surface area contributed by atoms with Gasteiger partial charge in [0, 0.05) is 0 Å². The van der Waals surface area contributed by atoms with E-state index in [0.29, 0.717) is 17.9 Å². The molecule has 0 bridgehead atoms. The number of hydrogen-bond donors (Lipinski definition) is 7. The van der Waals surface area contributed by atoms with Crippen LogP contribution in [0, 0.1) is 0 Å². The largest absolute Gasteiger partial charge is 0.480 e. The highest BCUT2D eigenvalue weighted by atomic mass is 32.2. The van der Waals surface area contributed by atoms with Gasteiger partial charge in [-0.25, -0.2) is 4.79 Å². The molecule has 0 saturated carbocycles. The van der Waals surface area contributed by atoms with Gasteiger partial charge in [0.2, 0.25) is 17.7 Å². The number of hydrogen-bond acceptors (Lipinski definition) is 9. The number of nitrogens with two attached hydrogens (primary N) is 1. The number of carboxylic acids is 1. The highest BCUT2D eigenvalue weighted by Gasteiger charge is 2.31. The van der Waals surface area contributed by atoms with Gasteiger partial charge in [0.1, 0.15) is 12.1 Å². The van der Waals surface area contributed by atoms with E-state index in [1.165, 1.54) is 30.4 Å². The molecule has 0 aliphatic heterocycles. The molecule has 13 heteroatoms. The topological polar surface area (TPSA) is 191 Å². The summed E-state index contributed by atoms with van der Waals surface area (Å²) in [5.41, 5.74) is 5.75. The van der Waals surface area contributed by atoms with Gasteiger partial charge in [0.15, 0.2) is 6.04 Å². The van der Waals surface area contributed by atoms with Crippen molar-refractivity contribution >= 4 is 47.2 Å². The number of carboxylic acid groups (broad SMARTS) is 1. The number of nitrogens with one attached hydrogen (secondary N) is 3. The van der Waals surface area contributed by atoms with E-state index in [-0.39, 0.29) is 6.42 Å². The maximum Gasteiger partial charge on any atom is 0.328 e. The summed E-state index contributed by atoms with van der Waals surface area (Å²) in [6.45, 7) is 0.501. The maximum atomic E-state index is 12.5. The molecule has 5 unspecified atom stereocenters. The molecule has 174 valence electrons. The molecule has 0 rings (SSSR count). The number of aliphatic hydroxyl groups is 2. The lowest BCUT2D eigenvalue weighted by atomic mass is 10.1. The van der Waals surface area contributed by atoms with Crippen molar-refractivity contribution in [2.75, 3.05) is 30.6 Å². The molecule has 3 amide bonds. The maximum absolute atomic E-state index is 12.5. The number of aliphatic hydroxyl groups excluding tert-OH is 2. The first-order valence-electron chi connectivity index (χ1n) is 9.25. The summed E-state index contributed by atoms with van der Waals surface area (Å²) in [7, 11) is 0. The fourth-order valence-electron chi connectivity index (χ4n) is 2.27. The van der Waals surface area contributed by atoms with Crippen molar-refractivity contribution in [3.63, 3.8) is 0 Å². The quantitative estimate of drug-likeness (QED) is 0.138. The molecular weight excluding hydrogens is 436 g/mol. The molecule has 0 aromatic rings. The zero-order chi connectivity index (χ0) is 23.3. The summed E-state index contributed by atoms with van der Waals surface area (Å²) < 4.78 is 0. The van der Waals surface area contributed by atoms with Crippen LogP contribution in [0.1, 0.15) is 19.8 Å². The number of aliphatic carboxylic acids is 1. The van der Waals surface area contributed by atoms with Gasteiger partial charge < -0.3 is 37.0 Å². The van der Waals surface area contributed by atoms with E-state index in [1.54, 1.807) is 6.26 Å². The number of thioether (sulfide) groups is 2. The molecule has 0 aliphatic carbocycles. The van der Waals surface area contributed by atoms with Crippen molar-refractivity contribution < 1.29 is 34.5 Å². The zero-order valence-electron chi connectivity index (χ0n) is 17.3. The lowest BCUT2D eigenvalue weighted by Gasteiger charge is -2.25. The Hall–Kier alpha value is -1.54. The average molecular weight is 469 g/mol. The number of carbonyl (C=O) groups is 4. The van der Waals surface area contributed by atoms with Crippen molar-refractivity contribution in [2.45, 2.75) is 50.0 Å². The molecule has 0 radical (unpaired) electrons. The van der Waals surface area contributed by atoms with E-state index in [2.05, 4.69) is 16.0 Å². The van der Waals surface area contributed by atoms with E-state index in [4.69, 9.17) is 10.8 Å². The van der Waals surface area contributed by atoms with Gasteiger partial charge in [0.25, 0.3) is 0 Å². The predicted molar refractivity (Wildman–Crippen MR) is 116 cm³/mol. The van der Waals surface area contributed by atoms with Gasteiger partial charge in [0.05, 0.1) is 18.8 Å². The van der Waals surface area contributed by atoms with E-state index in [0.717, 1.165) is 0 Å². The molecule has 0 spiro atoms. The molecule has 0 aliphatic rings. The first-order valence-corrected chi connectivity index (χ1v) is 12.0. The van der Waals surface area contributed by atoms with Crippen LogP contribution in [0.4, 0.5) is 0 Å². The Balaban J connectivity index is 5.14. The minimum atomic E-state index is -1.55. The molecule has 0 saturated heterocycles. The zero-order valence-corrected chi connectivity index (χ0v) is 18.9. The first kappa shape index (κ1) is 28.5. The molecule has 8 N–H and O–H groups in total. The fourth-order valence-corrected chi connectivity index (χ4v) is 3.23. The third-order valence-corrected chi connectivity index (χ3v) is 5.36. The Morgan fingerprint density at radius 3 is 1.87 bits per heavy atom. The lowest BCUT2D eigenvalue weighted by molar-refractivity contribution is -0.145. The number of amides is 3. The van der Waals surface area contributed by atoms with E-state index >= 15 is 0 Å². The van der Waals surface area contributed by atoms with Crippen LogP contribution in [0.25, 0.3) is 0 Å². The first-order chi connectivity index (χ1) is 14.1. The van der Waals surface area contributed by atoms with Crippen LogP contribution in [0.5, 0.6) is 0 Å². The summed E-state index contributed by atoms with van der Waals surface area (Å²) in [5, 5.41) is 35.1. The second-order valence-corrected chi connectivity index (χ2v) is 8.51. The summed E-state index contributed by atoms with van der Waals surface area (Å²) in [4.78, 5) is 48.3. The van der Waals surface area contributed by atoms with Crippen LogP contribution in [0.2, 0.25) is 0 Å². The Bertz CT molecular complexity index is 580. The second kappa shape index (κ2) is 15.3. The normalized spacial score (nSPS) is 15.9. The minimum Gasteiger partial charge on any atom is -0.480 e. The number of carbonyl (C=O) groups excluding carboxylic acids is 3. The molecule has 5 atom stereocenters. The molecular formula is C17H32N4O7S2. The van der Waals surface area contributed by atoms with Crippen LogP contribution < -0.4 is 21.7 Å². The third kappa shape index (κ3) is 10.5. The van der Waals surface area contributed by atoms with Gasteiger partial charge in [-0.15, -0.1) is 0 Å². The van der Waals surface area contributed by atoms with Crippen molar-refractivity contribution in [2.24, 2.45) is 5.73 Å². The summed E-state index contributed by atoms with van der Waals surface area (Å²) in [5.74, 6) is -2.52. The molecule has 30 heavy (non-hydrogen) atoms. The van der Waals surface area contributed by atoms with Crippen molar-refractivity contribution in [3.05, 3.63) is 0 Å². The highest BCUT2D eigenvalue weighted by Crippen LogP contribution is 2.04. The Morgan fingerprint density at radius 1 is 0.900 bits per heavy atom. The minimum absolute atomic E-state index is 0.171. The standard InChI is InChI=1S/C17H32N4O7S2/c1-9(23)13(17(27)28)21-15(25)11(5-7-30-3)19-16(26)12(8-22)20-14(24)10(18)4-6-29-2/h9-13,22-23H,4-8,18H2,1-3H3,(H,19,26)(H,20,24)(H,21,25)(H,27,28). The van der Waals surface area contributed by atoms with E-state index in [1.807, 2.05) is 6.26 Å². The van der Waals surface area contributed by atoms with Crippen LogP contribution >= 0.6 is 23.5 Å². The fraction of sp³-hybridized carbons (Fsp3) is 0.765. The Labute approximate surface area is 184 Å². The van der Waals surface area contributed by atoms with Crippen LogP contribution in [-0.4, -0.2) is 99.9 Å².